The third-order valence-corrected chi connectivity index (χ3v) is 6.46. The first-order chi connectivity index (χ1) is 4.90. The molecular formula is C8H20OSSi. The molecule has 0 aliphatic heterocycles. The Morgan fingerprint density at radius 2 is 1.73 bits per heavy atom. The molecule has 0 aromatic rings. The largest absolute Gasteiger partial charge is 0.414 e. The van der Waals surface area contributed by atoms with E-state index in [1.807, 2.05) is 0 Å². The predicted molar refractivity (Wildman–Crippen MR) is 57.0 cm³/mol. The highest BCUT2D eigenvalue weighted by atomic mass is 32.1. The van der Waals surface area contributed by atoms with Crippen LogP contribution in [0, 0.1) is 0 Å². The maximum atomic E-state index is 5.91. The number of thiol groups is 1. The molecule has 0 fully saturated rings. The minimum absolute atomic E-state index is 0.308. The van der Waals surface area contributed by atoms with Gasteiger partial charge in [-0.1, -0.05) is 13.8 Å². The Balaban J connectivity index is 3.90. The maximum Gasteiger partial charge on any atom is 0.189 e. The van der Waals surface area contributed by atoms with E-state index < -0.39 is 8.32 Å². The fraction of sp³-hybridized carbons (Fsp3) is 1.00. The van der Waals surface area contributed by atoms with Crippen molar-refractivity contribution in [1.29, 1.82) is 0 Å². The van der Waals surface area contributed by atoms with Gasteiger partial charge in [-0.3, -0.25) is 0 Å². The summed E-state index contributed by atoms with van der Waals surface area (Å²) in [5, 5.41) is 0. The zero-order valence-electron chi connectivity index (χ0n) is 8.22. The minimum Gasteiger partial charge on any atom is -0.414 e. The highest BCUT2D eigenvalue weighted by Gasteiger charge is 2.28. The van der Waals surface area contributed by atoms with Crippen molar-refractivity contribution in [1.82, 2.24) is 0 Å². The number of hydrogen-bond donors (Lipinski definition) is 1. The molecule has 0 amide bonds. The number of hydrogen-bond acceptors (Lipinski definition) is 2. The highest BCUT2D eigenvalue weighted by molar-refractivity contribution is 7.80. The van der Waals surface area contributed by atoms with Crippen LogP contribution in [-0.4, -0.2) is 20.2 Å². The van der Waals surface area contributed by atoms with Gasteiger partial charge in [-0.05, 0) is 25.6 Å². The lowest BCUT2D eigenvalue weighted by Gasteiger charge is -2.30. The molecule has 0 aromatic carbocycles. The van der Waals surface area contributed by atoms with Gasteiger partial charge in [0.05, 0.1) is 6.10 Å². The molecule has 1 atom stereocenters. The van der Waals surface area contributed by atoms with Crippen LogP contribution in [0.15, 0.2) is 0 Å². The van der Waals surface area contributed by atoms with Crippen molar-refractivity contribution in [3.63, 3.8) is 0 Å². The monoisotopic (exact) mass is 192 g/mol. The Hall–Kier alpha value is 0.527. The zero-order chi connectivity index (χ0) is 9.07. The maximum absolute atomic E-state index is 5.91. The lowest BCUT2D eigenvalue weighted by molar-refractivity contribution is 0.232. The molecule has 0 radical (unpaired) electrons. The van der Waals surface area contributed by atoms with Crippen LogP contribution in [0.2, 0.25) is 18.6 Å². The molecule has 0 saturated heterocycles. The van der Waals surface area contributed by atoms with Gasteiger partial charge in [0.25, 0.3) is 0 Å². The Kier molecular flexibility index (Phi) is 4.74. The molecule has 1 nitrogen and oxygen atoms in total. The fourth-order valence-electron chi connectivity index (χ4n) is 0.692. The van der Waals surface area contributed by atoms with E-state index in [0.29, 0.717) is 11.6 Å². The van der Waals surface area contributed by atoms with Gasteiger partial charge in [0.15, 0.2) is 8.32 Å². The lowest BCUT2D eigenvalue weighted by atomic mass is 10.5. The van der Waals surface area contributed by atoms with Crippen LogP contribution < -0.4 is 0 Å². The second-order valence-electron chi connectivity index (χ2n) is 3.87. The smallest absolute Gasteiger partial charge is 0.189 e. The van der Waals surface area contributed by atoms with Crippen molar-refractivity contribution in [2.24, 2.45) is 0 Å². The van der Waals surface area contributed by atoms with E-state index in [2.05, 4.69) is 46.5 Å². The van der Waals surface area contributed by atoms with E-state index in [-0.39, 0.29) is 0 Å². The average molecular weight is 192 g/mol. The van der Waals surface area contributed by atoms with Crippen molar-refractivity contribution < 1.29 is 4.43 Å². The van der Waals surface area contributed by atoms with Gasteiger partial charge in [-0.15, -0.1) is 0 Å². The van der Waals surface area contributed by atoms with E-state index in [1.54, 1.807) is 0 Å². The molecule has 3 heteroatoms. The molecule has 68 valence electrons. The Bertz CT molecular complexity index is 115. The lowest BCUT2D eigenvalue weighted by Crippen LogP contribution is -2.38. The van der Waals surface area contributed by atoms with E-state index in [0.717, 1.165) is 5.75 Å². The highest BCUT2D eigenvalue weighted by Crippen LogP contribution is 2.22. The molecule has 0 N–H and O–H groups in total. The van der Waals surface area contributed by atoms with Gasteiger partial charge >= 0.3 is 0 Å². The Morgan fingerprint density at radius 1 is 1.27 bits per heavy atom. The topological polar surface area (TPSA) is 9.23 Å². The van der Waals surface area contributed by atoms with E-state index in [1.165, 1.54) is 0 Å². The van der Waals surface area contributed by atoms with Gasteiger partial charge in [0.2, 0.25) is 0 Å². The molecule has 0 aromatic heterocycles. The Morgan fingerprint density at radius 3 is 2.00 bits per heavy atom. The SMILES string of the molecule is CC(CS)O[Si](C)(C)C(C)C. The first-order valence-corrected chi connectivity index (χ1v) is 7.80. The van der Waals surface area contributed by atoms with Crippen LogP contribution in [0.3, 0.4) is 0 Å². The standard InChI is InChI=1S/C8H20OSSi/c1-7(2)11(4,5)9-8(3)6-10/h7-8,10H,6H2,1-5H3. The summed E-state index contributed by atoms with van der Waals surface area (Å²) < 4.78 is 5.91. The third-order valence-electron chi connectivity index (χ3n) is 2.15. The van der Waals surface area contributed by atoms with E-state index in [9.17, 15) is 0 Å². The molecule has 0 saturated carbocycles. The minimum atomic E-state index is -1.41. The van der Waals surface area contributed by atoms with Crippen LogP contribution in [-0.2, 0) is 4.43 Å². The fourth-order valence-corrected chi connectivity index (χ4v) is 2.30. The van der Waals surface area contributed by atoms with Crippen molar-refractivity contribution >= 4 is 20.9 Å². The van der Waals surface area contributed by atoms with Crippen LogP contribution in [0.25, 0.3) is 0 Å². The van der Waals surface area contributed by atoms with E-state index in [4.69, 9.17) is 4.43 Å². The van der Waals surface area contributed by atoms with Gasteiger partial charge in [-0.25, -0.2) is 0 Å². The predicted octanol–water partition coefficient (Wildman–Crippen LogP) is 2.94. The molecular weight excluding hydrogens is 172 g/mol. The van der Waals surface area contributed by atoms with Gasteiger partial charge in [-0.2, -0.15) is 12.6 Å². The molecule has 0 bridgehead atoms. The summed E-state index contributed by atoms with van der Waals surface area (Å²) in [7, 11) is -1.41. The molecule has 0 heterocycles. The molecule has 0 rings (SSSR count). The zero-order valence-corrected chi connectivity index (χ0v) is 10.1. The summed E-state index contributed by atoms with van der Waals surface area (Å²) in [6.45, 7) is 11.1. The third kappa shape index (κ3) is 4.18. The molecule has 0 aliphatic rings. The molecule has 1 unspecified atom stereocenters. The van der Waals surface area contributed by atoms with Crippen LogP contribution in [0.5, 0.6) is 0 Å². The summed E-state index contributed by atoms with van der Waals surface area (Å²) >= 11 is 4.19. The first kappa shape index (κ1) is 11.5. The van der Waals surface area contributed by atoms with Gasteiger partial charge in [0, 0.05) is 5.75 Å². The first-order valence-electron chi connectivity index (χ1n) is 4.19. The van der Waals surface area contributed by atoms with Crippen LogP contribution in [0.1, 0.15) is 20.8 Å². The molecule has 0 spiro atoms. The summed E-state index contributed by atoms with van der Waals surface area (Å²) in [4.78, 5) is 0. The summed E-state index contributed by atoms with van der Waals surface area (Å²) in [6, 6.07) is 0. The van der Waals surface area contributed by atoms with Crippen molar-refractivity contribution in [3.05, 3.63) is 0 Å². The average Bonchev–Trinajstić information content (AvgIpc) is 1.86. The van der Waals surface area contributed by atoms with Gasteiger partial charge in [0.1, 0.15) is 0 Å². The summed E-state index contributed by atoms with van der Waals surface area (Å²) in [6.07, 6.45) is 0.308. The van der Waals surface area contributed by atoms with Crippen LogP contribution in [0.4, 0.5) is 0 Å². The Labute approximate surface area is 77.1 Å². The summed E-state index contributed by atoms with van der Waals surface area (Å²) in [5.74, 6) is 0.823. The normalized spacial score (nSPS) is 15.5. The van der Waals surface area contributed by atoms with E-state index >= 15 is 0 Å². The summed E-state index contributed by atoms with van der Waals surface area (Å²) in [5.41, 5.74) is 0.685. The van der Waals surface area contributed by atoms with Crippen molar-refractivity contribution in [2.45, 2.75) is 45.5 Å². The molecule has 11 heavy (non-hydrogen) atoms. The van der Waals surface area contributed by atoms with Crippen molar-refractivity contribution in [2.75, 3.05) is 5.75 Å². The number of rotatable bonds is 4. The second kappa shape index (κ2) is 4.53. The van der Waals surface area contributed by atoms with Crippen molar-refractivity contribution in [3.8, 4) is 0 Å². The second-order valence-corrected chi connectivity index (χ2v) is 8.83. The van der Waals surface area contributed by atoms with Crippen LogP contribution >= 0.6 is 12.6 Å². The molecule has 0 aliphatic carbocycles. The van der Waals surface area contributed by atoms with Gasteiger partial charge < -0.3 is 4.43 Å². The quantitative estimate of drug-likeness (QED) is 0.532.